The molecule has 0 spiro atoms. The van der Waals surface area contributed by atoms with Gasteiger partial charge < -0.3 is 14.2 Å². The molecule has 0 atom stereocenters. The maximum absolute atomic E-state index is 13.1. The number of hydrogen-bond acceptors (Lipinski definition) is 5. The fraction of sp³-hybridized carbons (Fsp3) is 0.300. The van der Waals surface area contributed by atoms with Crippen LogP contribution in [0.4, 0.5) is 11.4 Å². The smallest absolute Gasteiger partial charge is 0.269 e. The predicted octanol–water partition coefficient (Wildman–Crippen LogP) is 7.81. The van der Waals surface area contributed by atoms with E-state index >= 15 is 0 Å². The molecular weight excluding hydrogens is 468 g/mol. The van der Waals surface area contributed by atoms with Crippen LogP contribution in [0.5, 0.6) is 0 Å². The topological polar surface area (TPSA) is 98.5 Å². The first-order valence-electron chi connectivity index (χ1n) is 12.2. The predicted molar refractivity (Wildman–Crippen MR) is 143 cm³/mol. The highest BCUT2D eigenvalue weighted by Gasteiger charge is 2.30. The number of nitrogens with one attached hydrogen (secondary N) is 1. The van der Waals surface area contributed by atoms with Gasteiger partial charge in [0.1, 0.15) is 29.0 Å². The van der Waals surface area contributed by atoms with Crippen LogP contribution in [0.15, 0.2) is 81.6 Å². The molecule has 37 heavy (non-hydrogen) atoms. The average molecular weight is 501 g/mol. The highest BCUT2D eigenvalue weighted by molar-refractivity contribution is 6.04. The van der Waals surface area contributed by atoms with E-state index in [2.05, 4.69) is 46.9 Å². The summed E-state index contributed by atoms with van der Waals surface area (Å²) in [6, 6.07) is 20.9. The minimum absolute atomic E-state index is 0.0723. The Morgan fingerprint density at radius 2 is 1.30 bits per heavy atom. The molecule has 7 nitrogen and oxygen atoms in total. The summed E-state index contributed by atoms with van der Waals surface area (Å²) in [4.78, 5) is 23.6. The van der Waals surface area contributed by atoms with Gasteiger partial charge in [0.2, 0.25) is 0 Å². The SMILES string of the molecule is CC(C)(C)c1ccc(C(c2ccc(C(C)(C)C)o2)c2ccccc2NC(=O)c2ccc([N+](=O)[O-])cc2)o1. The number of furan rings is 2. The molecule has 0 aliphatic carbocycles. The Morgan fingerprint density at radius 1 is 0.784 bits per heavy atom. The summed E-state index contributed by atoms with van der Waals surface area (Å²) in [7, 11) is 0. The minimum atomic E-state index is -0.494. The number of carbonyl (C=O) groups excluding carboxylic acids is 1. The van der Waals surface area contributed by atoms with E-state index in [1.165, 1.54) is 24.3 Å². The summed E-state index contributed by atoms with van der Waals surface area (Å²) in [6.07, 6.45) is 0. The van der Waals surface area contributed by atoms with Crippen molar-refractivity contribution in [3.8, 4) is 0 Å². The van der Waals surface area contributed by atoms with Gasteiger partial charge in [-0.1, -0.05) is 59.7 Å². The molecule has 0 saturated carbocycles. The van der Waals surface area contributed by atoms with Crippen LogP contribution in [0.25, 0.3) is 0 Å². The van der Waals surface area contributed by atoms with Gasteiger partial charge in [0.15, 0.2) is 0 Å². The largest absolute Gasteiger partial charge is 0.464 e. The number of para-hydroxylation sites is 1. The lowest BCUT2D eigenvalue weighted by atomic mass is 9.92. The molecule has 2 aromatic heterocycles. The van der Waals surface area contributed by atoms with Crippen molar-refractivity contribution in [3.05, 3.63) is 117 Å². The van der Waals surface area contributed by atoms with Crippen LogP contribution in [0.1, 0.15) is 86.4 Å². The quantitative estimate of drug-likeness (QED) is 0.215. The fourth-order valence-electron chi connectivity index (χ4n) is 4.06. The summed E-state index contributed by atoms with van der Waals surface area (Å²) in [5.74, 6) is 2.34. The molecule has 0 radical (unpaired) electrons. The van der Waals surface area contributed by atoms with Crippen molar-refractivity contribution < 1.29 is 18.6 Å². The molecule has 2 heterocycles. The van der Waals surface area contributed by atoms with E-state index in [0.717, 1.165) is 17.1 Å². The number of amides is 1. The van der Waals surface area contributed by atoms with E-state index in [4.69, 9.17) is 8.83 Å². The molecule has 0 saturated heterocycles. The Bertz CT molecular complexity index is 1360. The van der Waals surface area contributed by atoms with Gasteiger partial charge in [0, 0.05) is 34.2 Å². The third-order valence-corrected chi connectivity index (χ3v) is 6.16. The molecule has 0 aliphatic heterocycles. The van der Waals surface area contributed by atoms with Gasteiger partial charge >= 0.3 is 0 Å². The zero-order valence-electron chi connectivity index (χ0n) is 22.0. The summed E-state index contributed by atoms with van der Waals surface area (Å²) < 4.78 is 12.7. The lowest BCUT2D eigenvalue weighted by Gasteiger charge is -2.20. The Kier molecular flexibility index (Phi) is 6.82. The number of nitrogens with zero attached hydrogens (tertiary/aromatic N) is 1. The molecular formula is C30H32N2O5. The maximum atomic E-state index is 13.1. The highest BCUT2D eigenvalue weighted by Crippen LogP contribution is 2.40. The summed E-state index contributed by atoms with van der Waals surface area (Å²) in [5, 5.41) is 14.0. The number of anilines is 1. The number of benzene rings is 2. The Balaban J connectivity index is 1.77. The molecule has 1 N–H and O–H groups in total. The van der Waals surface area contributed by atoms with Crippen LogP contribution < -0.4 is 5.32 Å². The molecule has 1 amide bonds. The van der Waals surface area contributed by atoms with E-state index in [0.29, 0.717) is 22.8 Å². The van der Waals surface area contributed by atoms with Crippen molar-refractivity contribution in [2.75, 3.05) is 5.32 Å². The Morgan fingerprint density at radius 3 is 1.76 bits per heavy atom. The van der Waals surface area contributed by atoms with E-state index < -0.39 is 10.8 Å². The third-order valence-electron chi connectivity index (χ3n) is 6.16. The van der Waals surface area contributed by atoms with Gasteiger partial charge in [0.25, 0.3) is 11.6 Å². The van der Waals surface area contributed by atoms with Gasteiger partial charge in [-0.2, -0.15) is 0 Å². The van der Waals surface area contributed by atoms with E-state index in [1.54, 1.807) is 0 Å². The molecule has 2 aromatic carbocycles. The first-order chi connectivity index (χ1) is 17.3. The van der Waals surface area contributed by atoms with Crippen LogP contribution in [0, 0.1) is 10.1 Å². The zero-order valence-corrected chi connectivity index (χ0v) is 22.0. The average Bonchev–Trinajstić information content (AvgIpc) is 3.51. The second-order valence-corrected chi connectivity index (χ2v) is 11.2. The molecule has 7 heteroatoms. The monoisotopic (exact) mass is 500 g/mol. The number of hydrogen-bond donors (Lipinski definition) is 1. The van der Waals surface area contributed by atoms with Crippen molar-refractivity contribution in [2.45, 2.75) is 58.3 Å². The van der Waals surface area contributed by atoms with Crippen LogP contribution >= 0.6 is 0 Å². The van der Waals surface area contributed by atoms with Gasteiger partial charge in [-0.3, -0.25) is 14.9 Å². The lowest BCUT2D eigenvalue weighted by Crippen LogP contribution is -2.15. The van der Waals surface area contributed by atoms with E-state index in [-0.39, 0.29) is 22.4 Å². The van der Waals surface area contributed by atoms with Gasteiger partial charge in [0.05, 0.1) is 4.92 Å². The van der Waals surface area contributed by atoms with Crippen molar-refractivity contribution in [1.29, 1.82) is 0 Å². The van der Waals surface area contributed by atoms with Crippen LogP contribution in [-0.4, -0.2) is 10.8 Å². The second kappa shape index (κ2) is 9.73. The van der Waals surface area contributed by atoms with Gasteiger partial charge in [-0.25, -0.2) is 0 Å². The molecule has 0 unspecified atom stereocenters. The minimum Gasteiger partial charge on any atom is -0.464 e. The van der Waals surface area contributed by atoms with Crippen molar-refractivity contribution in [3.63, 3.8) is 0 Å². The third kappa shape index (κ3) is 5.66. The number of rotatable bonds is 6. The number of carbonyl (C=O) groups is 1. The molecule has 0 aliphatic rings. The van der Waals surface area contributed by atoms with E-state index in [9.17, 15) is 14.9 Å². The fourth-order valence-corrected chi connectivity index (χ4v) is 4.06. The number of non-ortho nitro benzene ring substituents is 1. The van der Waals surface area contributed by atoms with E-state index in [1.807, 2.05) is 48.5 Å². The van der Waals surface area contributed by atoms with Crippen molar-refractivity contribution in [1.82, 2.24) is 0 Å². The first-order valence-corrected chi connectivity index (χ1v) is 12.2. The van der Waals surface area contributed by atoms with Gasteiger partial charge in [-0.15, -0.1) is 0 Å². The maximum Gasteiger partial charge on any atom is 0.269 e. The molecule has 4 rings (SSSR count). The van der Waals surface area contributed by atoms with Crippen LogP contribution in [-0.2, 0) is 10.8 Å². The summed E-state index contributed by atoms with van der Waals surface area (Å²) in [6.45, 7) is 12.5. The van der Waals surface area contributed by atoms with Gasteiger partial charge in [-0.05, 0) is 48.0 Å². The first kappa shape index (κ1) is 25.9. The second-order valence-electron chi connectivity index (χ2n) is 11.2. The van der Waals surface area contributed by atoms with Crippen molar-refractivity contribution in [2.24, 2.45) is 0 Å². The normalized spacial score (nSPS) is 12.1. The molecule has 0 fully saturated rings. The molecule has 4 aromatic rings. The van der Waals surface area contributed by atoms with Crippen LogP contribution in [0.2, 0.25) is 0 Å². The highest BCUT2D eigenvalue weighted by atomic mass is 16.6. The number of nitro groups is 1. The molecule has 0 bridgehead atoms. The summed E-state index contributed by atoms with van der Waals surface area (Å²) in [5.41, 5.74) is 1.30. The van der Waals surface area contributed by atoms with Crippen molar-refractivity contribution >= 4 is 17.3 Å². The molecule has 192 valence electrons. The zero-order chi connectivity index (χ0) is 27.0. The van der Waals surface area contributed by atoms with Crippen LogP contribution in [0.3, 0.4) is 0 Å². The summed E-state index contributed by atoms with van der Waals surface area (Å²) >= 11 is 0. The number of nitro benzene ring substituents is 1. The standard InChI is InChI=1S/C30H32N2O5/c1-29(2,3)25-17-15-23(36-25)27(24-16-18-26(37-24)30(4,5)6)21-9-7-8-10-22(21)31-28(33)19-11-13-20(14-12-19)32(34)35/h7-18,27H,1-6H3,(H,31,33). The Hall–Kier alpha value is -4.13. The lowest BCUT2D eigenvalue weighted by molar-refractivity contribution is -0.384. The Labute approximate surface area is 216 Å².